The number of nitrogens with one attached hydrogen (secondary N) is 1. The highest BCUT2D eigenvalue weighted by Gasteiger charge is 2.23. The quantitative estimate of drug-likeness (QED) is 0.108. The molecular formula is C43H44ClN9O2S2. The second-order valence-corrected chi connectivity index (χ2v) is 17.7. The molecule has 292 valence electrons. The van der Waals surface area contributed by atoms with Gasteiger partial charge in [0.1, 0.15) is 11.8 Å². The van der Waals surface area contributed by atoms with Crippen LogP contribution in [0.25, 0.3) is 33.1 Å². The van der Waals surface area contributed by atoms with Gasteiger partial charge in [0.05, 0.1) is 22.0 Å². The molecule has 14 heteroatoms. The lowest BCUT2D eigenvalue weighted by Gasteiger charge is -2.36. The first-order valence-electron chi connectivity index (χ1n) is 19.0. The van der Waals surface area contributed by atoms with Crippen LogP contribution in [0.1, 0.15) is 18.0 Å². The van der Waals surface area contributed by atoms with Crippen LogP contribution >= 0.6 is 23.4 Å². The molecule has 1 N–H and O–H groups in total. The molecule has 2 aromatic heterocycles. The fourth-order valence-electron chi connectivity index (χ4n) is 7.24. The first kappa shape index (κ1) is 38.8. The van der Waals surface area contributed by atoms with E-state index in [4.69, 9.17) is 11.6 Å². The summed E-state index contributed by atoms with van der Waals surface area (Å²) in [5.74, 6) is 1.03. The SMILES string of the molecule is CN(C)CC[C@H](CSc1ccccc1)n1nnc2cc(S(=O)(=O)Nc3ncnc4cc(N5CCN(Cc6ccccc6-c6ccc(Cl)cc6)CC5)ccc34)ccc21. The number of sulfonamides is 1. The molecule has 1 aliphatic rings. The Kier molecular flexibility index (Phi) is 11.7. The molecule has 0 bridgehead atoms. The predicted octanol–water partition coefficient (Wildman–Crippen LogP) is 8.10. The first-order chi connectivity index (χ1) is 27.7. The number of halogens is 1. The molecule has 0 radical (unpaired) electrons. The number of benzene rings is 5. The lowest BCUT2D eigenvalue weighted by atomic mass is 9.99. The number of fused-ring (bicyclic) bond motifs is 2. The zero-order chi connectivity index (χ0) is 39.4. The van der Waals surface area contributed by atoms with Crippen LogP contribution in [-0.4, -0.2) is 95.8 Å². The Bertz CT molecular complexity index is 2580. The smallest absolute Gasteiger partial charge is 0.263 e. The number of aromatic nitrogens is 5. The second kappa shape index (κ2) is 17.2. The van der Waals surface area contributed by atoms with Crippen molar-refractivity contribution in [3.05, 3.63) is 132 Å². The van der Waals surface area contributed by atoms with Crippen molar-refractivity contribution in [1.29, 1.82) is 0 Å². The standard InChI is InChI=1S/C43H44ClN9O2S2/c1-50(2)21-20-35(29-56-36-9-4-3-5-10-36)53-42-19-17-37(27-41(42)47-49-53)57(54,55)48-43-39-18-16-34(26-40(39)45-30-46-43)52-24-22-51(23-25-52)28-32-8-6-7-11-38(32)31-12-14-33(44)15-13-31/h3-19,26-27,30,35H,20-25,28-29H2,1-2H3,(H,45,46,48)/t35-/m1/s1. The van der Waals surface area contributed by atoms with Crippen LogP contribution in [0.4, 0.5) is 11.5 Å². The monoisotopic (exact) mass is 817 g/mol. The van der Waals surface area contributed by atoms with E-state index in [9.17, 15) is 8.42 Å². The molecular weight excluding hydrogens is 774 g/mol. The molecule has 0 aliphatic carbocycles. The molecule has 0 unspecified atom stereocenters. The lowest BCUT2D eigenvalue weighted by Crippen LogP contribution is -2.46. The molecule has 1 aliphatic heterocycles. The van der Waals surface area contributed by atoms with E-state index in [0.717, 1.165) is 73.2 Å². The molecule has 3 heterocycles. The van der Waals surface area contributed by atoms with E-state index >= 15 is 0 Å². The van der Waals surface area contributed by atoms with E-state index in [0.29, 0.717) is 16.4 Å². The maximum absolute atomic E-state index is 13.8. The van der Waals surface area contributed by atoms with Gasteiger partial charge < -0.3 is 9.80 Å². The minimum absolute atomic E-state index is 0.0626. The molecule has 0 spiro atoms. The van der Waals surface area contributed by atoms with Crippen molar-refractivity contribution in [3.63, 3.8) is 0 Å². The Morgan fingerprint density at radius 2 is 1.61 bits per heavy atom. The van der Waals surface area contributed by atoms with Crippen molar-refractivity contribution in [3.8, 4) is 11.1 Å². The van der Waals surface area contributed by atoms with E-state index in [1.165, 1.54) is 22.3 Å². The second-order valence-electron chi connectivity index (χ2n) is 14.5. The predicted molar refractivity (Wildman–Crippen MR) is 232 cm³/mol. The molecule has 8 rings (SSSR count). The number of hydrogen-bond acceptors (Lipinski definition) is 10. The number of rotatable bonds is 14. The topological polar surface area (TPSA) is 112 Å². The van der Waals surface area contributed by atoms with Gasteiger partial charge in [-0.1, -0.05) is 71.4 Å². The van der Waals surface area contributed by atoms with Gasteiger partial charge in [-0.3, -0.25) is 9.62 Å². The summed E-state index contributed by atoms with van der Waals surface area (Å²) in [6.45, 7) is 5.26. The van der Waals surface area contributed by atoms with Gasteiger partial charge >= 0.3 is 0 Å². The Morgan fingerprint density at radius 1 is 0.842 bits per heavy atom. The first-order valence-corrected chi connectivity index (χ1v) is 21.8. The van der Waals surface area contributed by atoms with Crippen LogP contribution in [0.5, 0.6) is 0 Å². The molecule has 57 heavy (non-hydrogen) atoms. The van der Waals surface area contributed by atoms with Crippen LogP contribution in [0, 0.1) is 0 Å². The van der Waals surface area contributed by atoms with Crippen molar-refractivity contribution in [2.75, 3.05) is 62.2 Å². The Hall–Kier alpha value is -5.05. The highest BCUT2D eigenvalue weighted by Crippen LogP contribution is 2.31. The van der Waals surface area contributed by atoms with Crippen LogP contribution in [0.3, 0.4) is 0 Å². The average Bonchev–Trinajstić information content (AvgIpc) is 3.65. The molecule has 0 amide bonds. The van der Waals surface area contributed by atoms with Gasteiger partial charge in [0, 0.05) is 59.5 Å². The molecule has 1 atom stereocenters. The normalized spacial score (nSPS) is 14.4. The number of thioether (sulfide) groups is 1. The summed E-state index contributed by atoms with van der Waals surface area (Å²) in [6, 6.07) is 37.8. The van der Waals surface area contributed by atoms with Gasteiger partial charge in [-0.05, 0) is 104 Å². The summed E-state index contributed by atoms with van der Waals surface area (Å²) < 4.78 is 32.3. The summed E-state index contributed by atoms with van der Waals surface area (Å²) in [5, 5.41) is 10.3. The van der Waals surface area contributed by atoms with E-state index in [1.807, 2.05) is 53.2 Å². The Morgan fingerprint density at radius 3 is 2.40 bits per heavy atom. The zero-order valence-electron chi connectivity index (χ0n) is 31.9. The van der Waals surface area contributed by atoms with Crippen LogP contribution < -0.4 is 9.62 Å². The van der Waals surface area contributed by atoms with Gasteiger partial charge in [0.15, 0.2) is 5.82 Å². The Balaban J connectivity index is 0.942. The number of nitrogens with zero attached hydrogens (tertiary/aromatic N) is 8. The van der Waals surface area contributed by atoms with Crippen LogP contribution in [0.2, 0.25) is 5.02 Å². The summed E-state index contributed by atoms with van der Waals surface area (Å²) in [4.78, 5) is 17.1. The van der Waals surface area contributed by atoms with Crippen molar-refractivity contribution in [2.24, 2.45) is 0 Å². The zero-order valence-corrected chi connectivity index (χ0v) is 34.3. The lowest BCUT2D eigenvalue weighted by molar-refractivity contribution is 0.250. The van der Waals surface area contributed by atoms with Gasteiger partial charge in [-0.2, -0.15) is 0 Å². The number of piperazine rings is 1. The molecule has 5 aromatic carbocycles. The molecule has 1 fully saturated rings. The largest absolute Gasteiger partial charge is 0.369 e. The third-order valence-corrected chi connectivity index (χ3v) is 13.1. The third kappa shape index (κ3) is 9.08. The average molecular weight is 818 g/mol. The fourth-order valence-corrected chi connectivity index (χ4v) is 9.45. The highest BCUT2D eigenvalue weighted by molar-refractivity contribution is 7.99. The summed E-state index contributed by atoms with van der Waals surface area (Å²) >= 11 is 7.92. The van der Waals surface area contributed by atoms with Crippen molar-refractivity contribution < 1.29 is 8.42 Å². The van der Waals surface area contributed by atoms with Crippen LogP contribution in [-0.2, 0) is 16.6 Å². The summed E-state index contributed by atoms with van der Waals surface area (Å²) in [6.07, 6.45) is 2.27. The van der Waals surface area contributed by atoms with Gasteiger partial charge in [-0.25, -0.2) is 23.1 Å². The van der Waals surface area contributed by atoms with E-state index in [2.05, 4.69) is 102 Å². The molecule has 11 nitrogen and oxygen atoms in total. The van der Waals surface area contributed by atoms with Crippen molar-refractivity contribution >= 4 is 66.8 Å². The van der Waals surface area contributed by atoms with Crippen LogP contribution in [0.15, 0.2) is 131 Å². The maximum atomic E-state index is 13.8. The molecule has 0 saturated carbocycles. The minimum Gasteiger partial charge on any atom is -0.369 e. The van der Waals surface area contributed by atoms with Crippen molar-refractivity contribution in [1.82, 2.24) is 34.8 Å². The van der Waals surface area contributed by atoms with Gasteiger partial charge in [-0.15, -0.1) is 16.9 Å². The number of hydrogen-bond donors (Lipinski definition) is 1. The van der Waals surface area contributed by atoms with Gasteiger partial charge in [0.2, 0.25) is 0 Å². The van der Waals surface area contributed by atoms with E-state index in [1.54, 1.807) is 30.0 Å². The highest BCUT2D eigenvalue weighted by atomic mass is 35.5. The number of anilines is 2. The summed E-state index contributed by atoms with van der Waals surface area (Å²) in [7, 11) is 0.0988. The van der Waals surface area contributed by atoms with Gasteiger partial charge in [0.25, 0.3) is 10.0 Å². The van der Waals surface area contributed by atoms with E-state index < -0.39 is 10.0 Å². The van der Waals surface area contributed by atoms with E-state index in [-0.39, 0.29) is 16.8 Å². The third-order valence-electron chi connectivity index (χ3n) is 10.3. The molecule has 7 aromatic rings. The van der Waals surface area contributed by atoms with Crippen molar-refractivity contribution in [2.45, 2.75) is 28.8 Å². The fraction of sp³-hybridized carbons (Fsp3) is 0.256. The summed E-state index contributed by atoms with van der Waals surface area (Å²) in [5.41, 5.74) is 6.67. The Labute approximate surface area is 342 Å². The minimum atomic E-state index is -4.01. The maximum Gasteiger partial charge on any atom is 0.263 e. The molecule has 1 saturated heterocycles.